The molecule has 2 fully saturated rings. The number of rotatable bonds is 8. The Morgan fingerprint density at radius 1 is 1.00 bits per heavy atom. The van der Waals surface area contributed by atoms with Crippen LogP contribution >= 0.6 is 11.8 Å². The topological polar surface area (TPSA) is 94.9 Å². The molecule has 1 atom stereocenters. The van der Waals surface area contributed by atoms with Crippen LogP contribution in [0.25, 0.3) is 11.0 Å². The summed E-state index contributed by atoms with van der Waals surface area (Å²) >= 11 is 1.04. The molecule has 0 spiro atoms. The summed E-state index contributed by atoms with van der Waals surface area (Å²) in [6.45, 7) is 5.31. The van der Waals surface area contributed by atoms with Crippen molar-refractivity contribution >= 4 is 39.6 Å². The number of imidazole rings is 1. The molecule has 2 aliphatic heterocycles. The highest BCUT2D eigenvalue weighted by molar-refractivity contribution is 8.16. The minimum atomic E-state index is -0.791. The van der Waals surface area contributed by atoms with E-state index in [0.717, 1.165) is 77.7 Å². The van der Waals surface area contributed by atoms with Crippen LogP contribution < -0.4 is 19.7 Å². The van der Waals surface area contributed by atoms with Gasteiger partial charge in [0.15, 0.2) is 0 Å². The number of carbonyl (C=O) groups is 2. The highest BCUT2D eigenvalue weighted by atomic mass is 32.2. The van der Waals surface area contributed by atoms with Crippen LogP contribution in [0.2, 0.25) is 0 Å². The van der Waals surface area contributed by atoms with Gasteiger partial charge in [0.05, 0.1) is 24.2 Å². The van der Waals surface area contributed by atoms with Crippen LogP contribution in [0.3, 0.4) is 0 Å². The van der Waals surface area contributed by atoms with Crippen LogP contribution in [0.1, 0.15) is 18.3 Å². The van der Waals surface area contributed by atoms with Crippen LogP contribution in [-0.2, 0) is 29.6 Å². The highest BCUT2D eigenvalue weighted by Crippen LogP contribution is 2.35. The number of aryl methyl sites for hydroxylation is 1. The predicted molar refractivity (Wildman–Crippen MR) is 154 cm³/mol. The summed E-state index contributed by atoms with van der Waals surface area (Å²) in [5, 5.41) is 2.06. The molecule has 1 unspecified atom stereocenters. The van der Waals surface area contributed by atoms with Crippen molar-refractivity contribution in [1.82, 2.24) is 14.9 Å². The lowest BCUT2D eigenvalue weighted by molar-refractivity contribution is -0.121. The van der Waals surface area contributed by atoms with Gasteiger partial charge in [0.25, 0.3) is 5.24 Å². The van der Waals surface area contributed by atoms with E-state index in [-0.39, 0.29) is 11.1 Å². The van der Waals surface area contributed by atoms with Gasteiger partial charge < -0.3 is 23.7 Å². The molecule has 3 aromatic carbocycles. The van der Waals surface area contributed by atoms with Gasteiger partial charge in [-0.15, -0.1) is 0 Å². The molecule has 40 heavy (non-hydrogen) atoms. The highest BCUT2D eigenvalue weighted by Gasteiger charge is 2.43. The number of hydrogen-bond donors (Lipinski definition) is 1. The average Bonchev–Trinajstić information content (AvgIpc) is 3.41. The zero-order valence-corrected chi connectivity index (χ0v) is 23.2. The Morgan fingerprint density at radius 3 is 2.50 bits per heavy atom. The Kier molecular flexibility index (Phi) is 7.12. The smallest absolute Gasteiger partial charge is 0.286 e. The van der Waals surface area contributed by atoms with Gasteiger partial charge in [-0.05, 0) is 67.1 Å². The van der Waals surface area contributed by atoms with Gasteiger partial charge in [0.2, 0.25) is 5.91 Å². The lowest BCUT2D eigenvalue weighted by atomic mass is 9.99. The van der Waals surface area contributed by atoms with E-state index < -0.39 is 4.75 Å². The molecule has 10 heteroatoms. The first-order chi connectivity index (χ1) is 19.4. The Bertz CT molecular complexity index is 1560. The summed E-state index contributed by atoms with van der Waals surface area (Å²) in [4.78, 5) is 30.8. The van der Waals surface area contributed by atoms with E-state index in [0.29, 0.717) is 18.8 Å². The van der Waals surface area contributed by atoms with E-state index in [1.807, 2.05) is 66.2 Å². The Morgan fingerprint density at radius 2 is 1.75 bits per heavy atom. The van der Waals surface area contributed by atoms with Crippen LogP contribution in [0, 0.1) is 0 Å². The number of benzene rings is 3. The maximum atomic E-state index is 12.1. The van der Waals surface area contributed by atoms with Gasteiger partial charge in [0, 0.05) is 38.0 Å². The second kappa shape index (κ2) is 10.9. The largest absolute Gasteiger partial charge is 0.486 e. The first kappa shape index (κ1) is 26.2. The molecule has 0 radical (unpaired) electrons. The van der Waals surface area contributed by atoms with Crippen LogP contribution in [0.4, 0.5) is 10.5 Å². The summed E-state index contributed by atoms with van der Waals surface area (Å²) in [6.07, 6.45) is 0.461. The molecule has 6 rings (SSSR count). The minimum Gasteiger partial charge on any atom is -0.486 e. The number of fused-ring (bicyclic) bond motifs is 1. The standard InChI is InChI=1S/C30H30N4O5S/c1-30(28(35)32-29(36)40-30)18-20-6-8-22(9-7-20)38-19-27-31-25-11-10-24(17-26(25)33(27)2)39-23-5-3-4-21(16-23)34-12-14-37-15-13-34/h3-11,16-17H,12-15,18-19H2,1-2H3,(H,32,35,36). The van der Waals surface area contributed by atoms with Gasteiger partial charge in [0.1, 0.15) is 34.4 Å². The number of aromatic nitrogens is 2. The molecule has 0 bridgehead atoms. The molecule has 2 aliphatic rings. The number of amides is 2. The number of ether oxygens (including phenoxy) is 3. The molecule has 4 aromatic rings. The van der Waals surface area contributed by atoms with Gasteiger partial charge >= 0.3 is 0 Å². The molecule has 0 aliphatic carbocycles. The summed E-state index contributed by atoms with van der Waals surface area (Å²) in [6, 6.07) is 21.6. The maximum absolute atomic E-state index is 12.1. The zero-order valence-electron chi connectivity index (χ0n) is 22.4. The number of imide groups is 1. The quantitative estimate of drug-likeness (QED) is 0.321. The van der Waals surface area contributed by atoms with Crippen molar-refractivity contribution < 1.29 is 23.8 Å². The van der Waals surface area contributed by atoms with Gasteiger partial charge in [-0.1, -0.05) is 18.2 Å². The molecule has 9 nitrogen and oxygen atoms in total. The summed E-state index contributed by atoms with van der Waals surface area (Å²) in [7, 11) is 1.96. The van der Waals surface area contributed by atoms with Crippen LogP contribution in [-0.4, -0.2) is 51.7 Å². The third-order valence-electron chi connectivity index (χ3n) is 7.22. The fraction of sp³-hybridized carbons (Fsp3) is 0.300. The molecular formula is C30H30N4O5S. The van der Waals surface area contributed by atoms with Crippen molar-refractivity contribution in [3.8, 4) is 17.2 Å². The third kappa shape index (κ3) is 5.50. The van der Waals surface area contributed by atoms with Crippen LogP contribution in [0.5, 0.6) is 17.2 Å². The minimum absolute atomic E-state index is 0.250. The summed E-state index contributed by atoms with van der Waals surface area (Å²) in [5.74, 6) is 2.76. The number of anilines is 1. The van der Waals surface area contributed by atoms with Crippen LogP contribution in [0.15, 0.2) is 66.7 Å². The van der Waals surface area contributed by atoms with Crippen molar-refractivity contribution in [3.05, 3.63) is 78.1 Å². The SMILES string of the molecule is Cn1c(COc2ccc(CC3(C)SC(=O)NC3=O)cc2)nc2ccc(Oc3cccc(N4CCOCC4)c3)cc21. The van der Waals surface area contributed by atoms with Crippen molar-refractivity contribution in [2.24, 2.45) is 7.05 Å². The Balaban J connectivity index is 1.11. The molecule has 3 heterocycles. The fourth-order valence-corrected chi connectivity index (χ4v) is 5.91. The Labute approximate surface area is 236 Å². The molecule has 2 amide bonds. The van der Waals surface area contributed by atoms with E-state index in [1.165, 1.54) is 0 Å². The summed E-state index contributed by atoms with van der Waals surface area (Å²) < 4.78 is 18.9. The monoisotopic (exact) mass is 558 g/mol. The molecule has 206 valence electrons. The van der Waals surface area contributed by atoms with Crippen molar-refractivity contribution in [2.45, 2.75) is 24.7 Å². The number of hydrogen-bond acceptors (Lipinski definition) is 8. The second-order valence-corrected chi connectivity index (χ2v) is 11.6. The van der Waals surface area contributed by atoms with E-state index in [4.69, 9.17) is 19.2 Å². The number of carbonyl (C=O) groups excluding carboxylic acids is 2. The van der Waals surface area contributed by atoms with Gasteiger partial charge in [-0.25, -0.2) is 4.98 Å². The predicted octanol–water partition coefficient (Wildman–Crippen LogP) is 5.07. The normalized spacial score (nSPS) is 19.2. The molecule has 1 N–H and O–H groups in total. The van der Waals surface area contributed by atoms with Gasteiger partial charge in [-0.3, -0.25) is 14.9 Å². The third-order valence-corrected chi connectivity index (χ3v) is 8.29. The summed E-state index contributed by atoms with van der Waals surface area (Å²) in [5.41, 5.74) is 3.90. The number of morpholine rings is 1. The maximum Gasteiger partial charge on any atom is 0.286 e. The first-order valence-electron chi connectivity index (χ1n) is 13.2. The van der Waals surface area contributed by atoms with Gasteiger partial charge in [-0.2, -0.15) is 0 Å². The number of nitrogens with one attached hydrogen (secondary N) is 1. The van der Waals surface area contributed by atoms with Crippen molar-refractivity contribution in [3.63, 3.8) is 0 Å². The van der Waals surface area contributed by atoms with E-state index in [9.17, 15) is 9.59 Å². The number of thioether (sulfide) groups is 1. The molecule has 2 saturated heterocycles. The zero-order chi connectivity index (χ0) is 27.7. The fourth-order valence-electron chi connectivity index (χ4n) is 4.97. The van der Waals surface area contributed by atoms with Crippen molar-refractivity contribution in [1.29, 1.82) is 0 Å². The molecule has 0 saturated carbocycles. The van der Waals surface area contributed by atoms with E-state index in [2.05, 4.69) is 22.3 Å². The lowest BCUT2D eigenvalue weighted by Crippen LogP contribution is -2.36. The average molecular weight is 559 g/mol. The second-order valence-electron chi connectivity index (χ2n) is 10.1. The lowest BCUT2D eigenvalue weighted by Gasteiger charge is -2.29. The molecular weight excluding hydrogens is 528 g/mol. The number of nitrogens with zero attached hydrogens (tertiary/aromatic N) is 3. The molecule has 1 aromatic heterocycles. The van der Waals surface area contributed by atoms with E-state index >= 15 is 0 Å². The van der Waals surface area contributed by atoms with E-state index in [1.54, 1.807) is 6.92 Å². The first-order valence-corrected chi connectivity index (χ1v) is 14.0. The Hall–Kier alpha value is -4.02. The van der Waals surface area contributed by atoms with Crippen molar-refractivity contribution in [2.75, 3.05) is 31.2 Å².